The summed E-state index contributed by atoms with van der Waals surface area (Å²) in [6.45, 7) is 10.5. The number of hydrogen-bond donors (Lipinski definition) is 2. The van der Waals surface area contributed by atoms with Gasteiger partial charge in [0.1, 0.15) is 18.2 Å². The molecule has 0 bridgehead atoms. The van der Waals surface area contributed by atoms with E-state index in [9.17, 15) is 0 Å². The van der Waals surface area contributed by atoms with Gasteiger partial charge < -0.3 is 20.1 Å². The van der Waals surface area contributed by atoms with Crippen molar-refractivity contribution >= 4 is 11.6 Å². The summed E-state index contributed by atoms with van der Waals surface area (Å²) in [6.07, 6.45) is 2.02. The van der Waals surface area contributed by atoms with Gasteiger partial charge in [0, 0.05) is 39.0 Å². The molecule has 21 heavy (non-hydrogen) atoms. The summed E-state index contributed by atoms with van der Waals surface area (Å²) in [5, 5.41) is 6.52. The number of hydrogen-bond acceptors (Lipinski definition) is 6. The second kappa shape index (κ2) is 11.3. The van der Waals surface area contributed by atoms with E-state index in [1.54, 1.807) is 0 Å². The molecule has 0 aliphatic heterocycles. The number of ether oxygens (including phenoxy) is 2. The molecule has 0 aromatic carbocycles. The maximum Gasteiger partial charge on any atom is 0.158 e. The van der Waals surface area contributed by atoms with Gasteiger partial charge in [0.15, 0.2) is 5.82 Å². The molecule has 1 aromatic rings. The first-order valence-electron chi connectivity index (χ1n) is 7.81. The van der Waals surface area contributed by atoms with Gasteiger partial charge in [0.05, 0.1) is 0 Å². The number of rotatable bonds is 12. The van der Waals surface area contributed by atoms with Crippen LogP contribution in [-0.2, 0) is 16.1 Å². The molecule has 0 saturated carbocycles. The number of aromatic nitrogens is 2. The molecule has 1 heterocycles. The molecule has 0 unspecified atom stereocenters. The molecule has 120 valence electrons. The fourth-order valence-electron chi connectivity index (χ4n) is 1.75. The highest BCUT2D eigenvalue weighted by Gasteiger charge is 2.04. The lowest BCUT2D eigenvalue weighted by atomic mass is 10.4. The molecule has 0 amide bonds. The molecule has 0 atom stereocenters. The van der Waals surface area contributed by atoms with Gasteiger partial charge in [-0.05, 0) is 26.7 Å². The van der Waals surface area contributed by atoms with Crippen LogP contribution in [0.5, 0.6) is 0 Å². The first-order chi connectivity index (χ1) is 10.3. The summed E-state index contributed by atoms with van der Waals surface area (Å²) in [5.41, 5.74) is 0. The zero-order chi connectivity index (χ0) is 15.3. The SMILES string of the molecule is CCCOCCCNc1cc(NCC)nc(COCC)n1. The highest BCUT2D eigenvalue weighted by Crippen LogP contribution is 2.12. The van der Waals surface area contributed by atoms with Crippen molar-refractivity contribution in [1.29, 1.82) is 0 Å². The molecule has 0 aliphatic rings. The fourth-order valence-corrected chi connectivity index (χ4v) is 1.75. The highest BCUT2D eigenvalue weighted by atomic mass is 16.5. The summed E-state index contributed by atoms with van der Waals surface area (Å²) in [7, 11) is 0. The first-order valence-corrected chi connectivity index (χ1v) is 7.81. The molecular formula is C15H28N4O2. The van der Waals surface area contributed by atoms with Crippen LogP contribution < -0.4 is 10.6 Å². The second-order valence-electron chi connectivity index (χ2n) is 4.61. The van der Waals surface area contributed by atoms with Gasteiger partial charge in [-0.3, -0.25) is 0 Å². The third-order valence-electron chi connectivity index (χ3n) is 2.69. The van der Waals surface area contributed by atoms with Gasteiger partial charge in [-0.1, -0.05) is 6.92 Å². The van der Waals surface area contributed by atoms with Crippen LogP contribution in [0.25, 0.3) is 0 Å². The first kappa shape index (κ1) is 17.7. The third kappa shape index (κ3) is 7.82. The van der Waals surface area contributed by atoms with E-state index >= 15 is 0 Å². The van der Waals surface area contributed by atoms with Crippen molar-refractivity contribution in [2.24, 2.45) is 0 Å². The molecule has 0 saturated heterocycles. The average molecular weight is 296 g/mol. The molecule has 0 spiro atoms. The molecule has 0 aliphatic carbocycles. The largest absolute Gasteiger partial charge is 0.381 e. The minimum Gasteiger partial charge on any atom is -0.381 e. The van der Waals surface area contributed by atoms with Crippen molar-refractivity contribution in [1.82, 2.24) is 9.97 Å². The van der Waals surface area contributed by atoms with Gasteiger partial charge in [0.2, 0.25) is 0 Å². The standard InChI is InChI=1S/C15H28N4O2/c1-4-9-21-10-7-8-17-14-11-13(16-5-2)18-15(19-14)12-20-6-3/h11H,4-10,12H2,1-3H3,(H2,16,17,18,19). The van der Waals surface area contributed by atoms with Crippen LogP contribution in [0.1, 0.15) is 39.4 Å². The van der Waals surface area contributed by atoms with Crippen molar-refractivity contribution in [3.05, 3.63) is 11.9 Å². The second-order valence-corrected chi connectivity index (χ2v) is 4.61. The van der Waals surface area contributed by atoms with Crippen molar-refractivity contribution in [3.63, 3.8) is 0 Å². The van der Waals surface area contributed by atoms with Crippen molar-refractivity contribution in [2.45, 2.75) is 40.2 Å². The Balaban J connectivity index is 2.48. The Morgan fingerprint density at radius 2 is 1.76 bits per heavy atom. The maximum atomic E-state index is 5.45. The lowest BCUT2D eigenvalue weighted by Gasteiger charge is -2.11. The minimum atomic E-state index is 0.435. The Kier molecular flexibility index (Phi) is 9.48. The Hall–Kier alpha value is -1.40. The predicted octanol–water partition coefficient (Wildman–Crippen LogP) is 2.67. The number of nitrogens with zero attached hydrogens (tertiary/aromatic N) is 2. The fraction of sp³-hybridized carbons (Fsp3) is 0.733. The Morgan fingerprint density at radius 1 is 1.00 bits per heavy atom. The normalized spacial score (nSPS) is 10.6. The lowest BCUT2D eigenvalue weighted by Crippen LogP contribution is -2.11. The van der Waals surface area contributed by atoms with Crippen LogP contribution in [0.3, 0.4) is 0 Å². The molecule has 0 fully saturated rings. The Morgan fingerprint density at radius 3 is 2.43 bits per heavy atom. The van der Waals surface area contributed by atoms with Crippen LogP contribution in [0.15, 0.2) is 6.07 Å². The zero-order valence-corrected chi connectivity index (χ0v) is 13.4. The van der Waals surface area contributed by atoms with E-state index in [-0.39, 0.29) is 0 Å². The van der Waals surface area contributed by atoms with Crippen molar-refractivity contribution < 1.29 is 9.47 Å². The average Bonchev–Trinajstić information content (AvgIpc) is 2.49. The van der Waals surface area contributed by atoms with Crippen LogP contribution in [0.4, 0.5) is 11.6 Å². The molecule has 6 heteroatoms. The van der Waals surface area contributed by atoms with E-state index in [0.29, 0.717) is 19.0 Å². The van der Waals surface area contributed by atoms with E-state index in [2.05, 4.69) is 27.5 Å². The summed E-state index contributed by atoms with van der Waals surface area (Å²) in [6, 6.07) is 1.92. The van der Waals surface area contributed by atoms with Crippen LogP contribution in [-0.4, -0.2) is 42.9 Å². The quantitative estimate of drug-likeness (QED) is 0.578. The van der Waals surface area contributed by atoms with Gasteiger partial charge in [0.25, 0.3) is 0 Å². The maximum absolute atomic E-state index is 5.45. The monoisotopic (exact) mass is 296 g/mol. The molecule has 6 nitrogen and oxygen atoms in total. The number of anilines is 2. The Bertz CT molecular complexity index is 388. The topological polar surface area (TPSA) is 68.3 Å². The van der Waals surface area contributed by atoms with E-state index in [4.69, 9.17) is 9.47 Å². The lowest BCUT2D eigenvalue weighted by molar-refractivity contribution is 0.128. The summed E-state index contributed by atoms with van der Waals surface area (Å²) in [4.78, 5) is 8.88. The van der Waals surface area contributed by atoms with Crippen LogP contribution >= 0.6 is 0 Å². The third-order valence-corrected chi connectivity index (χ3v) is 2.69. The summed E-state index contributed by atoms with van der Waals surface area (Å²) in [5.74, 6) is 2.35. The summed E-state index contributed by atoms with van der Waals surface area (Å²) < 4.78 is 10.8. The summed E-state index contributed by atoms with van der Waals surface area (Å²) >= 11 is 0. The molecule has 1 rings (SSSR count). The van der Waals surface area contributed by atoms with Gasteiger partial charge in [-0.25, -0.2) is 9.97 Å². The van der Waals surface area contributed by atoms with Crippen molar-refractivity contribution in [2.75, 3.05) is 43.5 Å². The van der Waals surface area contributed by atoms with E-state index in [1.807, 2.05) is 19.9 Å². The zero-order valence-electron chi connectivity index (χ0n) is 13.4. The van der Waals surface area contributed by atoms with E-state index < -0.39 is 0 Å². The van der Waals surface area contributed by atoms with Crippen molar-refractivity contribution in [3.8, 4) is 0 Å². The van der Waals surface area contributed by atoms with E-state index in [1.165, 1.54) is 0 Å². The predicted molar refractivity (Wildman–Crippen MR) is 85.7 cm³/mol. The molecule has 2 N–H and O–H groups in total. The Labute approximate surface area is 127 Å². The minimum absolute atomic E-state index is 0.435. The van der Waals surface area contributed by atoms with Gasteiger partial charge in [-0.15, -0.1) is 0 Å². The highest BCUT2D eigenvalue weighted by molar-refractivity contribution is 5.47. The van der Waals surface area contributed by atoms with E-state index in [0.717, 1.165) is 50.8 Å². The van der Waals surface area contributed by atoms with Crippen LogP contribution in [0, 0.1) is 0 Å². The molecular weight excluding hydrogens is 268 g/mol. The molecule has 0 radical (unpaired) electrons. The molecule has 1 aromatic heterocycles. The number of nitrogens with one attached hydrogen (secondary N) is 2. The van der Waals surface area contributed by atoms with Gasteiger partial charge >= 0.3 is 0 Å². The van der Waals surface area contributed by atoms with Crippen LogP contribution in [0.2, 0.25) is 0 Å². The smallest absolute Gasteiger partial charge is 0.158 e. The van der Waals surface area contributed by atoms with Gasteiger partial charge in [-0.2, -0.15) is 0 Å².